The molecule has 0 spiro atoms. The summed E-state index contributed by atoms with van der Waals surface area (Å²) in [4.78, 5) is 6.99. The molecule has 22 heavy (non-hydrogen) atoms. The average molecular weight is 294 g/mol. The van der Waals surface area contributed by atoms with Crippen LogP contribution in [0.3, 0.4) is 0 Å². The summed E-state index contributed by atoms with van der Waals surface area (Å²) in [6.07, 6.45) is 1.68. The highest BCUT2D eigenvalue weighted by atomic mass is 16.5. The summed E-state index contributed by atoms with van der Waals surface area (Å²) in [5.41, 5.74) is 3.30. The van der Waals surface area contributed by atoms with Gasteiger partial charge in [0.25, 0.3) is 0 Å². The Labute approximate surface area is 129 Å². The van der Waals surface area contributed by atoms with Crippen molar-refractivity contribution >= 4 is 16.6 Å². The first-order valence-corrected chi connectivity index (χ1v) is 7.57. The van der Waals surface area contributed by atoms with E-state index in [9.17, 15) is 0 Å². The molecule has 3 aromatic rings. The Hall–Kier alpha value is -2.33. The second-order valence-electron chi connectivity index (χ2n) is 5.62. The first kappa shape index (κ1) is 13.3. The highest BCUT2D eigenvalue weighted by Gasteiger charge is 2.25. The van der Waals surface area contributed by atoms with E-state index in [0.29, 0.717) is 6.61 Å². The Kier molecular flexibility index (Phi) is 3.31. The van der Waals surface area contributed by atoms with Crippen molar-refractivity contribution in [3.63, 3.8) is 0 Å². The lowest BCUT2D eigenvalue weighted by Crippen LogP contribution is -2.38. The first-order valence-electron chi connectivity index (χ1n) is 7.57. The van der Waals surface area contributed by atoms with Crippen molar-refractivity contribution in [2.24, 2.45) is 0 Å². The molecule has 1 aromatic carbocycles. The maximum atomic E-state index is 5.87. The molecule has 1 aliphatic rings. The van der Waals surface area contributed by atoms with Crippen molar-refractivity contribution in [1.82, 2.24) is 4.98 Å². The van der Waals surface area contributed by atoms with E-state index >= 15 is 0 Å². The molecule has 4 rings (SSSR count). The zero-order chi connectivity index (χ0) is 14.9. The van der Waals surface area contributed by atoms with Gasteiger partial charge in [-0.3, -0.25) is 4.98 Å². The third kappa shape index (κ3) is 2.35. The molecule has 112 valence electrons. The number of ether oxygens (including phenoxy) is 1. The number of fused-ring (bicyclic) bond motifs is 1. The van der Waals surface area contributed by atoms with E-state index in [-0.39, 0.29) is 6.10 Å². The van der Waals surface area contributed by atoms with Gasteiger partial charge in [-0.15, -0.1) is 0 Å². The van der Waals surface area contributed by atoms with Gasteiger partial charge in [0.05, 0.1) is 24.9 Å². The minimum atomic E-state index is -0.0176. The first-order chi connectivity index (χ1) is 10.8. The second-order valence-corrected chi connectivity index (χ2v) is 5.62. The number of hydrogen-bond donors (Lipinski definition) is 0. The fraction of sp³-hybridized carbons (Fsp3) is 0.278. The molecular formula is C18H18N2O2. The quantitative estimate of drug-likeness (QED) is 0.722. The third-order valence-electron chi connectivity index (χ3n) is 4.09. The Morgan fingerprint density at radius 3 is 2.95 bits per heavy atom. The molecule has 1 fully saturated rings. The molecule has 0 radical (unpaired) electrons. The molecule has 4 nitrogen and oxygen atoms in total. The van der Waals surface area contributed by atoms with Gasteiger partial charge in [-0.25, -0.2) is 0 Å². The van der Waals surface area contributed by atoms with Crippen molar-refractivity contribution < 1.29 is 9.15 Å². The van der Waals surface area contributed by atoms with Crippen LogP contribution in [-0.4, -0.2) is 24.7 Å². The molecule has 4 heteroatoms. The molecule has 0 amide bonds. The van der Waals surface area contributed by atoms with Crippen molar-refractivity contribution in [3.05, 3.63) is 60.2 Å². The second kappa shape index (κ2) is 5.46. The molecule has 0 aliphatic carbocycles. The fourth-order valence-electron chi connectivity index (χ4n) is 3.06. The zero-order valence-electron chi connectivity index (χ0n) is 12.5. The molecule has 0 bridgehead atoms. The average Bonchev–Trinajstić information content (AvgIpc) is 3.09. The lowest BCUT2D eigenvalue weighted by molar-refractivity contribution is 0.0258. The van der Waals surface area contributed by atoms with Gasteiger partial charge in [-0.1, -0.05) is 18.2 Å². The minimum Gasteiger partial charge on any atom is -0.467 e. The number of anilines is 1. The van der Waals surface area contributed by atoms with Crippen LogP contribution in [0.1, 0.15) is 17.6 Å². The molecule has 1 unspecified atom stereocenters. The predicted molar refractivity (Wildman–Crippen MR) is 86.1 cm³/mol. The number of nitrogens with zero attached hydrogens (tertiary/aromatic N) is 2. The molecule has 0 saturated carbocycles. The van der Waals surface area contributed by atoms with Crippen LogP contribution in [0.15, 0.2) is 53.1 Å². The lowest BCUT2D eigenvalue weighted by atomic mass is 10.1. The number of aryl methyl sites for hydroxylation is 1. The van der Waals surface area contributed by atoms with E-state index in [2.05, 4.69) is 34.1 Å². The van der Waals surface area contributed by atoms with E-state index in [4.69, 9.17) is 9.15 Å². The van der Waals surface area contributed by atoms with Crippen LogP contribution in [0.4, 0.5) is 5.69 Å². The van der Waals surface area contributed by atoms with Gasteiger partial charge in [0.1, 0.15) is 11.9 Å². The van der Waals surface area contributed by atoms with Gasteiger partial charge in [-0.05, 0) is 31.2 Å². The maximum absolute atomic E-state index is 5.87. The number of morpholine rings is 1. The normalized spacial score (nSPS) is 18.8. The van der Waals surface area contributed by atoms with Crippen LogP contribution in [0.25, 0.3) is 10.9 Å². The molecule has 3 heterocycles. The SMILES string of the molecule is Cc1cc(N2CCOC(c3ccco3)C2)c2ccccc2n1. The van der Waals surface area contributed by atoms with Crippen molar-refractivity contribution in [3.8, 4) is 0 Å². The van der Waals surface area contributed by atoms with Gasteiger partial charge < -0.3 is 14.1 Å². The molecule has 1 atom stereocenters. The van der Waals surface area contributed by atoms with Crippen LogP contribution in [0.5, 0.6) is 0 Å². The van der Waals surface area contributed by atoms with Gasteiger partial charge in [-0.2, -0.15) is 0 Å². The van der Waals surface area contributed by atoms with Gasteiger partial charge >= 0.3 is 0 Å². The Morgan fingerprint density at radius 1 is 1.18 bits per heavy atom. The largest absolute Gasteiger partial charge is 0.467 e. The number of para-hydroxylation sites is 1. The summed E-state index contributed by atoms with van der Waals surface area (Å²) in [6.45, 7) is 4.41. The van der Waals surface area contributed by atoms with E-state index in [0.717, 1.165) is 30.1 Å². The van der Waals surface area contributed by atoms with Gasteiger partial charge in [0.15, 0.2) is 0 Å². The van der Waals surface area contributed by atoms with E-state index < -0.39 is 0 Å². The van der Waals surface area contributed by atoms with E-state index in [1.807, 2.05) is 25.1 Å². The summed E-state index contributed by atoms with van der Waals surface area (Å²) in [5.74, 6) is 0.889. The van der Waals surface area contributed by atoms with Crippen LogP contribution < -0.4 is 4.90 Å². The molecule has 1 aliphatic heterocycles. The summed E-state index contributed by atoms with van der Waals surface area (Å²) < 4.78 is 11.4. The molecule has 0 N–H and O–H groups in total. The smallest absolute Gasteiger partial charge is 0.134 e. The highest BCUT2D eigenvalue weighted by Crippen LogP contribution is 2.31. The summed E-state index contributed by atoms with van der Waals surface area (Å²) >= 11 is 0. The summed E-state index contributed by atoms with van der Waals surface area (Å²) in [7, 11) is 0. The zero-order valence-corrected chi connectivity index (χ0v) is 12.5. The monoisotopic (exact) mass is 294 g/mol. The molecular weight excluding hydrogens is 276 g/mol. The Bertz CT molecular complexity index is 783. The van der Waals surface area contributed by atoms with Crippen LogP contribution in [0.2, 0.25) is 0 Å². The van der Waals surface area contributed by atoms with E-state index in [1.54, 1.807) is 6.26 Å². The molecule has 2 aromatic heterocycles. The van der Waals surface area contributed by atoms with Crippen molar-refractivity contribution in [1.29, 1.82) is 0 Å². The number of rotatable bonds is 2. The molecule has 1 saturated heterocycles. The fourth-order valence-corrected chi connectivity index (χ4v) is 3.06. The van der Waals surface area contributed by atoms with Crippen molar-refractivity contribution in [2.45, 2.75) is 13.0 Å². The van der Waals surface area contributed by atoms with Gasteiger partial charge in [0, 0.05) is 23.3 Å². The van der Waals surface area contributed by atoms with Crippen LogP contribution >= 0.6 is 0 Å². The summed E-state index contributed by atoms with van der Waals surface area (Å²) in [5, 5.41) is 1.19. The van der Waals surface area contributed by atoms with Crippen LogP contribution in [-0.2, 0) is 4.74 Å². The van der Waals surface area contributed by atoms with Crippen LogP contribution in [0, 0.1) is 6.92 Å². The Balaban J connectivity index is 1.72. The number of hydrogen-bond acceptors (Lipinski definition) is 4. The van der Waals surface area contributed by atoms with E-state index in [1.165, 1.54) is 11.1 Å². The lowest BCUT2D eigenvalue weighted by Gasteiger charge is -2.34. The summed E-state index contributed by atoms with van der Waals surface area (Å²) in [6, 6.07) is 14.3. The Morgan fingerprint density at radius 2 is 2.09 bits per heavy atom. The minimum absolute atomic E-state index is 0.0176. The van der Waals surface area contributed by atoms with Gasteiger partial charge in [0.2, 0.25) is 0 Å². The number of aromatic nitrogens is 1. The topological polar surface area (TPSA) is 38.5 Å². The maximum Gasteiger partial charge on any atom is 0.134 e. The standard InChI is InChI=1S/C18H18N2O2/c1-13-11-16(14-5-2-3-6-15(14)19-13)20-8-10-22-18(12-20)17-7-4-9-21-17/h2-7,9,11,18H,8,10,12H2,1H3. The third-order valence-corrected chi connectivity index (χ3v) is 4.09. The number of furan rings is 1. The number of benzene rings is 1. The van der Waals surface area contributed by atoms with Crippen molar-refractivity contribution in [2.75, 3.05) is 24.6 Å². The number of pyridine rings is 1. The predicted octanol–water partition coefficient (Wildman–Crippen LogP) is 3.71. The highest BCUT2D eigenvalue weighted by molar-refractivity contribution is 5.92.